The fourth-order valence-corrected chi connectivity index (χ4v) is 4.59. The van der Waals surface area contributed by atoms with Crippen LogP contribution < -0.4 is 5.32 Å². The maximum absolute atomic E-state index is 12.2. The van der Waals surface area contributed by atoms with Gasteiger partial charge in [-0.1, -0.05) is 58.2 Å². The summed E-state index contributed by atoms with van der Waals surface area (Å²) in [4.78, 5) is 24.2. The smallest absolute Gasteiger partial charge is 0.236 e. The Hall–Kier alpha value is -3.08. The second-order valence-electron chi connectivity index (χ2n) is 6.55. The number of anilines is 1. The van der Waals surface area contributed by atoms with E-state index in [0.29, 0.717) is 28.0 Å². The van der Waals surface area contributed by atoms with Crippen molar-refractivity contribution in [1.82, 2.24) is 14.6 Å². The first kappa shape index (κ1) is 22.1. The monoisotopic (exact) mass is 481 g/mol. The van der Waals surface area contributed by atoms with E-state index < -0.39 is 0 Å². The number of benzene rings is 2. The zero-order chi connectivity index (χ0) is 22.2. The average Bonchev–Trinajstić information content (AvgIpc) is 3.45. The van der Waals surface area contributed by atoms with Gasteiger partial charge in [0.25, 0.3) is 0 Å². The maximum Gasteiger partial charge on any atom is 0.236 e. The number of carbonyl (C=O) groups excluding carboxylic acids is 1. The van der Waals surface area contributed by atoms with Crippen molar-refractivity contribution < 1.29 is 9.63 Å². The molecular weight excluding hydrogens is 462 g/mol. The summed E-state index contributed by atoms with van der Waals surface area (Å²) in [7, 11) is 0. The summed E-state index contributed by atoms with van der Waals surface area (Å²) in [5.41, 5.74) is 2.90. The van der Waals surface area contributed by atoms with Crippen LogP contribution in [-0.4, -0.2) is 31.9 Å². The molecule has 162 valence electrons. The summed E-state index contributed by atoms with van der Waals surface area (Å²) >= 11 is 4.15. The second-order valence-corrected chi connectivity index (χ2v) is 9.42. The normalized spacial score (nSPS) is 11.3. The number of amides is 1. The molecule has 1 amide bonds. The van der Waals surface area contributed by atoms with Gasteiger partial charge in [0.2, 0.25) is 5.91 Å². The molecule has 0 saturated heterocycles. The lowest BCUT2D eigenvalue weighted by Crippen LogP contribution is -2.13. The summed E-state index contributed by atoms with van der Waals surface area (Å²) in [5, 5.41) is 13.7. The molecule has 0 bridgehead atoms. The Morgan fingerprint density at radius 3 is 2.59 bits per heavy atom. The number of aromatic nitrogens is 3. The van der Waals surface area contributed by atoms with Gasteiger partial charge in [-0.15, -0.1) is 28.2 Å². The molecule has 0 aliphatic heterocycles. The fourth-order valence-electron chi connectivity index (χ4n) is 2.69. The van der Waals surface area contributed by atoms with Crippen LogP contribution in [-0.2, 0) is 16.2 Å². The van der Waals surface area contributed by atoms with E-state index in [-0.39, 0.29) is 12.5 Å². The third-order valence-corrected chi connectivity index (χ3v) is 6.65. The Labute approximate surface area is 197 Å². The van der Waals surface area contributed by atoms with Crippen molar-refractivity contribution in [3.05, 3.63) is 87.9 Å². The number of aryl methyl sites for hydroxylation is 1. The van der Waals surface area contributed by atoms with Crippen molar-refractivity contribution in [1.29, 1.82) is 0 Å². The fraction of sp³-hybridized carbons (Fsp3) is 0.136. The third-order valence-electron chi connectivity index (χ3n) is 4.20. The lowest BCUT2D eigenvalue weighted by Gasteiger charge is -2.05. The van der Waals surface area contributed by atoms with Gasteiger partial charge in [0.1, 0.15) is 11.4 Å². The molecule has 0 fully saturated rings. The number of carbonyl (C=O) groups is 1. The van der Waals surface area contributed by atoms with Gasteiger partial charge in [-0.05, 0) is 30.6 Å². The maximum atomic E-state index is 12.2. The summed E-state index contributed by atoms with van der Waals surface area (Å²) in [6, 6.07) is 19.5. The van der Waals surface area contributed by atoms with Gasteiger partial charge in [-0.25, -0.2) is 4.98 Å². The Kier molecular flexibility index (Phi) is 7.59. The number of hydrogen-bond donors (Lipinski definition) is 1. The van der Waals surface area contributed by atoms with E-state index in [1.165, 1.54) is 34.6 Å². The first-order valence-corrected chi connectivity index (χ1v) is 12.3. The van der Waals surface area contributed by atoms with E-state index >= 15 is 0 Å². The van der Waals surface area contributed by atoms with E-state index in [9.17, 15) is 4.79 Å². The average molecular weight is 482 g/mol. The minimum atomic E-state index is -0.100. The summed E-state index contributed by atoms with van der Waals surface area (Å²) in [6.07, 6.45) is 0. The first-order valence-electron chi connectivity index (χ1n) is 9.66. The van der Waals surface area contributed by atoms with Crippen LogP contribution in [0.4, 0.5) is 5.13 Å². The highest BCUT2D eigenvalue weighted by molar-refractivity contribution is 8.00. The molecule has 1 N–H and O–H groups in total. The summed E-state index contributed by atoms with van der Waals surface area (Å²) in [5.74, 6) is 0.220. The molecule has 0 radical (unpaired) electrons. The molecule has 7 nitrogen and oxygen atoms in total. The van der Waals surface area contributed by atoms with Crippen LogP contribution in [0.1, 0.15) is 21.8 Å². The van der Waals surface area contributed by atoms with Gasteiger partial charge in [0.15, 0.2) is 11.7 Å². The van der Waals surface area contributed by atoms with Crippen LogP contribution >= 0.6 is 34.6 Å². The SMILES string of the molecule is Cc1snnc1/C(=N\OCc1csc(NC(=O)CSc2ccccc2)n1)c1ccccc1. The van der Waals surface area contributed by atoms with Crippen LogP contribution in [0.25, 0.3) is 0 Å². The van der Waals surface area contributed by atoms with Crippen molar-refractivity contribution >= 4 is 51.4 Å². The number of oxime groups is 1. The highest BCUT2D eigenvalue weighted by Crippen LogP contribution is 2.20. The number of hydrogen-bond acceptors (Lipinski definition) is 9. The third kappa shape index (κ3) is 6.00. The van der Waals surface area contributed by atoms with Crippen LogP contribution in [0.2, 0.25) is 0 Å². The predicted molar refractivity (Wildman–Crippen MR) is 129 cm³/mol. The van der Waals surface area contributed by atoms with Crippen LogP contribution in [0, 0.1) is 6.92 Å². The zero-order valence-corrected chi connectivity index (χ0v) is 19.5. The number of nitrogens with zero attached hydrogens (tertiary/aromatic N) is 4. The lowest BCUT2D eigenvalue weighted by molar-refractivity contribution is -0.113. The molecule has 0 aliphatic rings. The van der Waals surface area contributed by atoms with Gasteiger partial charge < -0.3 is 10.2 Å². The molecule has 0 unspecified atom stereocenters. The van der Waals surface area contributed by atoms with Crippen LogP contribution in [0.15, 0.2) is 76.1 Å². The molecule has 2 aromatic carbocycles. The topological polar surface area (TPSA) is 89.4 Å². The minimum absolute atomic E-state index is 0.100. The van der Waals surface area contributed by atoms with Crippen molar-refractivity contribution in [3.63, 3.8) is 0 Å². The van der Waals surface area contributed by atoms with Gasteiger partial charge in [0, 0.05) is 15.8 Å². The largest absolute Gasteiger partial charge is 0.389 e. The van der Waals surface area contributed by atoms with Gasteiger partial charge in [0.05, 0.1) is 16.3 Å². The predicted octanol–water partition coefficient (Wildman–Crippen LogP) is 5.00. The molecule has 0 atom stereocenters. The van der Waals surface area contributed by atoms with Gasteiger partial charge in [-0.3, -0.25) is 4.79 Å². The molecule has 4 aromatic rings. The molecule has 4 rings (SSSR count). The Balaban J connectivity index is 1.35. The summed E-state index contributed by atoms with van der Waals surface area (Å²) < 4.78 is 4.00. The number of thioether (sulfide) groups is 1. The summed E-state index contributed by atoms with van der Waals surface area (Å²) in [6.45, 7) is 2.13. The van der Waals surface area contributed by atoms with E-state index in [1.807, 2.05) is 73.0 Å². The first-order chi connectivity index (χ1) is 15.7. The lowest BCUT2D eigenvalue weighted by atomic mass is 10.1. The highest BCUT2D eigenvalue weighted by atomic mass is 32.2. The van der Waals surface area contributed by atoms with E-state index in [1.54, 1.807) is 0 Å². The quantitative estimate of drug-likeness (QED) is 0.205. The van der Waals surface area contributed by atoms with Crippen molar-refractivity contribution in [2.45, 2.75) is 18.4 Å². The Morgan fingerprint density at radius 1 is 1.12 bits per heavy atom. The molecule has 10 heteroatoms. The number of thiazole rings is 1. The van der Waals surface area contributed by atoms with Crippen LogP contribution in [0.5, 0.6) is 0 Å². The minimum Gasteiger partial charge on any atom is -0.389 e. The molecule has 32 heavy (non-hydrogen) atoms. The van der Waals surface area contributed by atoms with E-state index in [4.69, 9.17) is 4.84 Å². The molecular formula is C22H19N5O2S3. The zero-order valence-electron chi connectivity index (χ0n) is 17.1. The number of nitrogens with one attached hydrogen (secondary N) is 1. The van der Waals surface area contributed by atoms with Gasteiger partial charge >= 0.3 is 0 Å². The van der Waals surface area contributed by atoms with E-state index in [0.717, 1.165) is 15.3 Å². The van der Waals surface area contributed by atoms with Gasteiger partial charge in [-0.2, -0.15) is 0 Å². The standard InChI is InChI=1S/C22H19N5O2S3/c1-15-20(25-27-32-15)21(16-8-4-2-5-9-16)26-29-12-17-13-31-22(23-17)24-19(28)14-30-18-10-6-3-7-11-18/h2-11,13H,12,14H2,1H3,(H,23,24,28)/b26-21-. The molecule has 0 spiro atoms. The van der Waals surface area contributed by atoms with Crippen molar-refractivity contribution in [3.8, 4) is 0 Å². The number of rotatable bonds is 9. The van der Waals surface area contributed by atoms with Crippen molar-refractivity contribution in [2.75, 3.05) is 11.1 Å². The molecule has 2 heterocycles. The highest BCUT2D eigenvalue weighted by Gasteiger charge is 2.15. The Bertz CT molecular complexity index is 1190. The van der Waals surface area contributed by atoms with E-state index in [2.05, 4.69) is 25.0 Å². The van der Waals surface area contributed by atoms with Crippen LogP contribution in [0.3, 0.4) is 0 Å². The molecule has 0 saturated carbocycles. The van der Waals surface area contributed by atoms with Crippen molar-refractivity contribution in [2.24, 2.45) is 5.16 Å². The second kappa shape index (κ2) is 11.0. The molecule has 2 aromatic heterocycles. The Morgan fingerprint density at radius 2 is 1.88 bits per heavy atom. The molecule has 0 aliphatic carbocycles.